The van der Waals surface area contributed by atoms with Gasteiger partial charge in [-0.25, -0.2) is 4.79 Å². The molecule has 0 aliphatic carbocycles. The second kappa shape index (κ2) is 6.44. The van der Waals surface area contributed by atoms with E-state index in [0.717, 1.165) is 6.42 Å². The van der Waals surface area contributed by atoms with Crippen molar-refractivity contribution in [2.75, 3.05) is 0 Å². The first-order chi connectivity index (χ1) is 12.5. The monoisotopic (exact) mass is 396 g/mol. The molecule has 3 fully saturated rings. The summed E-state index contributed by atoms with van der Waals surface area (Å²) in [6, 6.07) is 0. The normalized spacial score (nSPS) is 36.5. The molecule has 6 nitrogen and oxygen atoms in total. The van der Waals surface area contributed by atoms with Crippen molar-refractivity contribution in [3.8, 4) is 0 Å². The van der Waals surface area contributed by atoms with Gasteiger partial charge in [0.2, 0.25) is 6.10 Å². The van der Waals surface area contributed by atoms with Crippen LogP contribution in [0.1, 0.15) is 68.7 Å². The largest absolute Gasteiger partial charge is 0.480 e. The van der Waals surface area contributed by atoms with E-state index >= 15 is 0 Å². The Morgan fingerprint density at radius 1 is 1.04 bits per heavy atom. The van der Waals surface area contributed by atoms with Crippen LogP contribution < -0.4 is 0 Å². The summed E-state index contributed by atoms with van der Waals surface area (Å²) < 4.78 is 29.4. The van der Waals surface area contributed by atoms with Crippen LogP contribution in [0.4, 0.5) is 0 Å². The molecule has 6 atom stereocenters. The molecular weight excluding hydrogens is 360 g/mol. The molecule has 0 aromatic carbocycles. The molecule has 0 bridgehead atoms. The van der Waals surface area contributed by atoms with Crippen molar-refractivity contribution >= 4 is 5.97 Å². The minimum atomic E-state index is -0.861. The van der Waals surface area contributed by atoms with Crippen LogP contribution in [0.2, 0.25) is 0 Å². The highest BCUT2D eigenvalue weighted by atomic mass is 16.8. The fraction of sp³-hybridized carbons (Fsp3) is 0.864. The number of carbonyl (C=O) groups is 1. The molecule has 0 radical (unpaired) electrons. The first-order valence-corrected chi connectivity index (χ1v) is 10.1. The summed E-state index contributed by atoms with van der Waals surface area (Å²) in [6.45, 7) is 23.1. The Morgan fingerprint density at radius 3 is 2.18 bits per heavy atom. The maximum atomic E-state index is 12.6. The highest BCUT2D eigenvalue weighted by Gasteiger charge is 2.64. The van der Waals surface area contributed by atoms with Gasteiger partial charge in [0.25, 0.3) is 0 Å². The van der Waals surface area contributed by atoms with Gasteiger partial charge in [0.05, 0.1) is 5.76 Å². The third-order valence-corrected chi connectivity index (χ3v) is 6.23. The minimum Gasteiger partial charge on any atom is -0.480 e. The third kappa shape index (κ3) is 3.71. The van der Waals surface area contributed by atoms with Gasteiger partial charge < -0.3 is 23.7 Å². The van der Waals surface area contributed by atoms with Crippen molar-refractivity contribution < 1.29 is 28.5 Å². The molecule has 6 unspecified atom stereocenters. The van der Waals surface area contributed by atoms with E-state index in [1.807, 2.05) is 13.8 Å². The van der Waals surface area contributed by atoms with Gasteiger partial charge in [0, 0.05) is 5.41 Å². The highest BCUT2D eigenvalue weighted by molar-refractivity contribution is 5.78. The fourth-order valence-electron chi connectivity index (χ4n) is 4.46. The average molecular weight is 397 g/mol. The van der Waals surface area contributed by atoms with Crippen LogP contribution in [-0.4, -0.2) is 42.5 Å². The molecule has 28 heavy (non-hydrogen) atoms. The van der Waals surface area contributed by atoms with Gasteiger partial charge in [-0.05, 0) is 31.1 Å². The zero-order chi connectivity index (χ0) is 21.3. The Bertz CT molecular complexity index is 655. The number of ether oxygens (including phenoxy) is 5. The van der Waals surface area contributed by atoms with Gasteiger partial charge in [0.1, 0.15) is 6.10 Å². The highest BCUT2D eigenvalue weighted by Crippen LogP contribution is 2.52. The Morgan fingerprint density at radius 2 is 1.64 bits per heavy atom. The van der Waals surface area contributed by atoms with E-state index in [1.54, 1.807) is 0 Å². The summed E-state index contributed by atoms with van der Waals surface area (Å²) in [4.78, 5) is 12.6. The van der Waals surface area contributed by atoms with Crippen molar-refractivity contribution in [2.24, 2.45) is 16.2 Å². The van der Waals surface area contributed by atoms with Crippen molar-refractivity contribution in [1.82, 2.24) is 0 Å². The number of fused-ring (bicyclic) bond motifs is 3. The quantitative estimate of drug-likeness (QED) is 0.525. The first kappa shape index (κ1) is 21.6. The molecule has 0 N–H and O–H groups in total. The lowest BCUT2D eigenvalue weighted by molar-refractivity contribution is -0.216. The number of allylic oxidation sites excluding steroid dienone is 1. The fourth-order valence-corrected chi connectivity index (χ4v) is 4.46. The molecule has 160 valence electrons. The Balaban J connectivity index is 1.78. The van der Waals surface area contributed by atoms with Gasteiger partial charge in [-0.15, -0.1) is 0 Å². The molecule has 0 aromatic rings. The summed E-state index contributed by atoms with van der Waals surface area (Å²) in [7, 11) is 0. The molecule has 0 amide bonds. The Kier molecular flexibility index (Phi) is 4.97. The summed E-state index contributed by atoms with van der Waals surface area (Å²) in [5.74, 6) is -0.609. The van der Waals surface area contributed by atoms with Gasteiger partial charge in [-0.1, -0.05) is 55.0 Å². The molecule has 0 saturated carbocycles. The summed E-state index contributed by atoms with van der Waals surface area (Å²) in [5.41, 5.74) is -0.378. The molecule has 3 aliphatic heterocycles. The van der Waals surface area contributed by atoms with Gasteiger partial charge in [-0.3, -0.25) is 0 Å². The maximum absolute atomic E-state index is 12.6. The SMILES string of the molecule is C=C(OC1C(=O)OC2C3OC(C)(C)OC3OC12)C(C)(CC(C)(C)C)C(C)(C)C. The summed E-state index contributed by atoms with van der Waals surface area (Å²) in [5, 5.41) is 0. The first-order valence-electron chi connectivity index (χ1n) is 10.1. The Labute approximate surface area is 168 Å². The topological polar surface area (TPSA) is 63.2 Å². The maximum Gasteiger partial charge on any atom is 0.350 e. The summed E-state index contributed by atoms with van der Waals surface area (Å²) >= 11 is 0. The van der Waals surface area contributed by atoms with Crippen molar-refractivity contribution in [1.29, 1.82) is 0 Å². The van der Waals surface area contributed by atoms with Crippen LogP contribution in [0.15, 0.2) is 12.3 Å². The smallest absolute Gasteiger partial charge is 0.350 e. The zero-order valence-electron chi connectivity index (χ0n) is 18.8. The zero-order valence-corrected chi connectivity index (χ0v) is 18.8. The second-order valence-electron chi connectivity index (χ2n) is 11.3. The lowest BCUT2D eigenvalue weighted by Crippen LogP contribution is -2.42. The third-order valence-electron chi connectivity index (χ3n) is 6.23. The van der Waals surface area contributed by atoms with E-state index in [1.165, 1.54) is 0 Å². The predicted molar refractivity (Wildman–Crippen MR) is 104 cm³/mol. The number of hydrogen-bond donors (Lipinski definition) is 0. The average Bonchev–Trinajstić information content (AvgIpc) is 3.04. The van der Waals surface area contributed by atoms with Gasteiger partial charge >= 0.3 is 5.97 Å². The molecule has 3 aliphatic rings. The van der Waals surface area contributed by atoms with Crippen LogP contribution >= 0.6 is 0 Å². The van der Waals surface area contributed by atoms with Gasteiger partial charge in [0.15, 0.2) is 24.3 Å². The molecule has 3 saturated heterocycles. The van der Waals surface area contributed by atoms with Crippen LogP contribution in [0.5, 0.6) is 0 Å². The lowest BCUT2D eigenvalue weighted by Gasteiger charge is -2.46. The standard InChI is InChI=1S/C22H36O6/c1-12(22(10,20(5,6)7)11-19(2,3)4)24-15-13-14(25-17(15)23)16-18(26-13)28-21(8,9)27-16/h13-16,18H,1,11H2,2-10H3. The van der Waals surface area contributed by atoms with Crippen LogP contribution in [0.3, 0.4) is 0 Å². The molecule has 0 spiro atoms. The van der Waals surface area contributed by atoms with E-state index in [0.29, 0.717) is 5.76 Å². The van der Waals surface area contributed by atoms with E-state index in [4.69, 9.17) is 23.7 Å². The molecule has 3 heterocycles. The van der Waals surface area contributed by atoms with Gasteiger partial charge in [-0.2, -0.15) is 0 Å². The predicted octanol–water partition coefficient (Wildman–Crippen LogP) is 4.18. The van der Waals surface area contributed by atoms with Crippen LogP contribution in [-0.2, 0) is 28.5 Å². The van der Waals surface area contributed by atoms with E-state index < -0.39 is 42.5 Å². The lowest BCUT2D eigenvalue weighted by atomic mass is 9.60. The summed E-state index contributed by atoms with van der Waals surface area (Å²) in [6.07, 6.45) is -2.07. The molecule has 3 rings (SSSR count). The van der Waals surface area contributed by atoms with E-state index in [9.17, 15) is 4.79 Å². The number of rotatable bonds is 4. The molecule has 0 aromatic heterocycles. The van der Waals surface area contributed by atoms with Crippen molar-refractivity contribution in [3.63, 3.8) is 0 Å². The minimum absolute atomic E-state index is 0.0706. The Hall–Kier alpha value is -1.11. The van der Waals surface area contributed by atoms with Crippen molar-refractivity contribution in [3.05, 3.63) is 12.3 Å². The molecule has 6 heteroatoms. The van der Waals surface area contributed by atoms with Crippen molar-refractivity contribution in [2.45, 2.75) is 105 Å². The van der Waals surface area contributed by atoms with Crippen LogP contribution in [0, 0.1) is 16.2 Å². The number of carbonyl (C=O) groups excluding carboxylic acids is 1. The number of esters is 1. The van der Waals surface area contributed by atoms with E-state index in [-0.39, 0.29) is 16.2 Å². The van der Waals surface area contributed by atoms with E-state index in [2.05, 4.69) is 55.0 Å². The van der Waals surface area contributed by atoms with Crippen LogP contribution in [0.25, 0.3) is 0 Å². The number of hydrogen-bond acceptors (Lipinski definition) is 6. The second-order valence-corrected chi connectivity index (χ2v) is 11.3. The molecular formula is C22H36O6.